The average molecular weight is 247 g/mol. The van der Waals surface area contributed by atoms with Crippen LogP contribution in [0, 0.1) is 5.92 Å². The molecule has 7 heteroatoms. The maximum Gasteiger partial charge on any atom is 0.358 e. The normalized spacial score (nSPS) is 14.9. The summed E-state index contributed by atoms with van der Waals surface area (Å²) in [7, 11) is 1.82. The van der Waals surface area contributed by atoms with Crippen molar-refractivity contribution in [3.05, 3.63) is 18.1 Å². The Morgan fingerprint density at radius 1 is 1.56 bits per heavy atom. The molecule has 2 aromatic heterocycles. The lowest BCUT2D eigenvalue weighted by Gasteiger charge is -2.06. The number of aromatic carboxylic acids is 1. The molecule has 0 atom stereocenters. The number of carboxylic acid groups (broad SMARTS) is 1. The molecule has 2 aromatic rings. The molecular formula is C11H13N5O2. The van der Waals surface area contributed by atoms with Crippen molar-refractivity contribution < 1.29 is 9.90 Å². The van der Waals surface area contributed by atoms with Gasteiger partial charge in [0.15, 0.2) is 5.82 Å². The van der Waals surface area contributed by atoms with Gasteiger partial charge in [-0.25, -0.2) is 14.5 Å². The van der Waals surface area contributed by atoms with Crippen molar-refractivity contribution in [1.29, 1.82) is 0 Å². The Morgan fingerprint density at radius 3 is 2.89 bits per heavy atom. The first-order valence-electron chi connectivity index (χ1n) is 5.81. The third-order valence-electron chi connectivity index (χ3n) is 3.10. The van der Waals surface area contributed by atoms with Gasteiger partial charge in [0.05, 0.1) is 0 Å². The maximum atomic E-state index is 11.2. The molecule has 18 heavy (non-hydrogen) atoms. The Hall–Kier alpha value is -2.18. The van der Waals surface area contributed by atoms with Crippen LogP contribution >= 0.6 is 0 Å². The van der Waals surface area contributed by atoms with Gasteiger partial charge in [0, 0.05) is 26.0 Å². The van der Waals surface area contributed by atoms with Crippen molar-refractivity contribution in [2.45, 2.75) is 19.4 Å². The average Bonchev–Trinajstić information content (AvgIpc) is 2.87. The second-order valence-corrected chi connectivity index (χ2v) is 4.58. The molecule has 1 aliphatic carbocycles. The first kappa shape index (κ1) is 10.9. The molecule has 0 spiro atoms. The van der Waals surface area contributed by atoms with Gasteiger partial charge >= 0.3 is 5.97 Å². The zero-order chi connectivity index (χ0) is 12.7. The molecule has 0 bridgehead atoms. The Balaban J connectivity index is 2.10. The highest BCUT2D eigenvalue weighted by Crippen LogP contribution is 2.32. The molecule has 0 amide bonds. The van der Waals surface area contributed by atoms with Crippen molar-refractivity contribution in [2.75, 3.05) is 0 Å². The molecule has 1 fully saturated rings. The van der Waals surface area contributed by atoms with E-state index in [4.69, 9.17) is 5.11 Å². The SMILES string of the molecule is Cn1ccnc1-c1c(C(=O)O)nnn1CC1CC1. The number of nitrogens with zero attached hydrogens (tertiary/aromatic N) is 5. The van der Waals surface area contributed by atoms with Crippen LogP contribution in [0.15, 0.2) is 12.4 Å². The van der Waals surface area contributed by atoms with Crippen LogP contribution in [-0.4, -0.2) is 35.6 Å². The third-order valence-corrected chi connectivity index (χ3v) is 3.10. The molecule has 1 saturated carbocycles. The van der Waals surface area contributed by atoms with E-state index < -0.39 is 5.97 Å². The number of aryl methyl sites for hydroxylation is 1. The Bertz CT molecular complexity index is 596. The minimum absolute atomic E-state index is 0.0371. The molecule has 2 heterocycles. The third kappa shape index (κ3) is 1.77. The van der Waals surface area contributed by atoms with Crippen molar-refractivity contribution >= 4 is 5.97 Å². The van der Waals surface area contributed by atoms with E-state index in [0.717, 1.165) is 0 Å². The van der Waals surface area contributed by atoms with Gasteiger partial charge in [0.25, 0.3) is 0 Å². The summed E-state index contributed by atoms with van der Waals surface area (Å²) in [5.74, 6) is 0.0976. The predicted molar refractivity (Wildman–Crippen MR) is 61.9 cm³/mol. The summed E-state index contributed by atoms with van der Waals surface area (Å²) in [6.07, 6.45) is 5.75. The van der Waals surface area contributed by atoms with E-state index in [0.29, 0.717) is 24.0 Å². The smallest absolute Gasteiger partial charge is 0.358 e. The summed E-state index contributed by atoms with van der Waals surface area (Å²) in [6.45, 7) is 0.711. The van der Waals surface area contributed by atoms with E-state index in [-0.39, 0.29) is 5.69 Å². The molecule has 94 valence electrons. The van der Waals surface area contributed by atoms with Crippen LogP contribution in [0.2, 0.25) is 0 Å². The van der Waals surface area contributed by atoms with E-state index in [1.165, 1.54) is 12.8 Å². The first-order valence-corrected chi connectivity index (χ1v) is 5.81. The lowest BCUT2D eigenvalue weighted by atomic mass is 10.3. The standard InChI is InChI=1S/C11H13N5O2/c1-15-5-4-12-10(15)9-8(11(17)18)13-14-16(9)6-7-2-3-7/h4-5,7H,2-3,6H2,1H3,(H,17,18). The maximum absolute atomic E-state index is 11.2. The van der Waals surface area contributed by atoms with Crippen molar-refractivity contribution in [2.24, 2.45) is 13.0 Å². The van der Waals surface area contributed by atoms with Crippen LogP contribution in [0.3, 0.4) is 0 Å². The molecule has 1 N–H and O–H groups in total. The van der Waals surface area contributed by atoms with E-state index in [1.807, 2.05) is 7.05 Å². The molecule has 0 unspecified atom stereocenters. The monoisotopic (exact) mass is 247 g/mol. The lowest BCUT2D eigenvalue weighted by Crippen LogP contribution is -2.09. The van der Waals surface area contributed by atoms with Crippen LogP contribution in [0.1, 0.15) is 23.3 Å². The van der Waals surface area contributed by atoms with E-state index in [9.17, 15) is 4.79 Å². The second kappa shape index (κ2) is 3.94. The van der Waals surface area contributed by atoms with Crippen LogP contribution in [0.25, 0.3) is 11.5 Å². The van der Waals surface area contributed by atoms with Crippen molar-refractivity contribution in [3.8, 4) is 11.5 Å². The number of carbonyl (C=O) groups is 1. The van der Waals surface area contributed by atoms with Crippen LogP contribution in [-0.2, 0) is 13.6 Å². The summed E-state index contributed by atoms with van der Waals surface area (Å²) in [5.41, 5.74) is 0.451. The molecule has 1 aliphatic rings. The Labute approximate surface area is 103 Å². The summed E-state index contributed by atoms with van der Waals surface area (Å²) >= 11 is 0. The molecule has 0 saturated heterocycles. The number of rotatable bonds is 4. The minimum atomic E-state index is -1.07. The van der Waals surface area contributed by atoms with Gasteiger partial charge < -0.3 is 9.67 Å². The minimum Gasteiger partial charge on any atom is -0.476 e. The van der Waals surface area contributed by atoms with Crippen molar-refractivity contribution in [3.63, 3.8) is 0 Å². The number of carboxylic acids is 1. The van der Waals surface area contributed by atoms with E-state index >= 15 is 0 Å². The Kier molecular flexibility index (Phi) is 2.39. The fourth-order valence-corrected chi connectivity index (χ4v) is 1.95. The summed E-state index contributed by atoms with van der Waals surface area (Å²) in [6, 6.07) is 0. The molecule has 0 radical (unpaired) electrons. The van der Waals surface area contributed by atoms with Crippen molar-refractivity contribution in [1.82, 2.24) is 24.5 Å². The van der Waals surface area contributed by atoms with E-state index in [2.05, 4.69) is 15.3 Å². The fourth-order valence-electron chi connectivity index (χ4n) is 1.95. The zero-order valence-electron chi connectivity index (χ0n) is 9.94. The van der Waals surface area contributed by atoms with Gasteiger partial charge in [0.1, 0.15) is 5.69 Å². The lowest BCUT2D eigenvalue weighted by molar-refractivity contribution is 0.0691. The fraction of sp³-hybridized carbons (Fsp3) is 0.455. The van der Waals surface area contributed by atoms with Crippen LogP contribution in [0.5, 0.6) is 0 Å². The van der Waals surface area contributed by atoms with Crippen LogP contribution < -0.4 is 0 Å². The van der Waals surface area contributed by atoms with Gasteiger partial charge in [-0.3, -0.25) is 0 Å². The number of hydrogen-bond donors (Lipinski definition) is 1. The Morgan fingerprint density at radius 2 is 2.33 bits per heavy atom. The topological polar surface area (TPSA) is 85.8 Å². The second-order valence-electron chi connectivity index (χ2n) is 4.58. The molecular weight excluding hydrogens is 234 g/mol. The highest BCUT2D eigenvalue weighted by atomic mass is 16.4. The number of imidazole rings is 1. The summed E-state index contributed by atoms with van der Waals surface area (Å²) in [5, 5.41) is 16.9. The molecule has 3 rings (SSSR count). The van der Waals surface area contributed by atoms with Gasteiger partial charge in [-0.05, 0) is 18.8 Å². The van der Waals surface area contributed by atoms with Gasteiger partial charge in [-0.1, -0.05) is 5.21 Å². The molecule has 7 nitrogen and oxygen atoms in total. The van der Waals surface area contributed by atoms with E-state index in [1.54, 1.807) is 21.6 Å². The van der Waals surface area contributed by atoms with Gasteiger partial charge in [0.2, 0.25) is 5.69 Å². The molecule has 0 aromatic carbocycles. The molecule has 0 aliphatic heterocycles. The largest absolute Gasteiger partial charge is 0.476 e. The summed E-state index contributed by atoms with van der Waals surface area (Å²) < 4.78 is 3.43. The summed E-state index contributed by atoms with van der Waals surface area (Å²) in [4.78, 5) is 15.4. The number of hydrogen-bond acceptors (Lipinski definition) is 4. The zero-order valence-corrected chi connectivity index (χ0v) is 9.94. The first-order chi connectivity index (χ1) is 8.66. The highest BCUT2D eigenvalue weighted by molar-refractivity contribution is 5.91. The van der Waals surface area contributed by atoms with Crippen LogP contribution in [0.4, 0.5) is 0 Å². The van der Waals surface area contributed by atoms with Gasteiger partial charge in [-0.15, -0.1) is 5.10 Å². The number of aromatic nitrogens is 5. The van der Waals surface area contributed by atoms with Gasteiger partial charge in [-0.2, -0.15) is 0 Å². The quantitative estimate of drug-likeness (QED) is 0.863. The highest BCUT2D eigenvalue weighted by Gasteiger charge is 2.28. The predicted octanol–water partition coefficient (Wildman–Crippen LogP) is 0.787.